The first-order valence-corrected chi connectivity index (χ1v) is 8.66. The minimum absolute atomic E-state index is 0.00799. The molecular weight excluding hydrogens is 306 g/mol. The van der Waals surface area contributed by atoms with E-state index in [1.807, 2.05) is 6.08 Å². The summed E-state index contributed by atoms with van der Waals surface area (Å²) in [6, 6.07) is 7.40. The van der Waals surface area contributed by atoms with E-state index in [0.29, 0.717) is 17.9 Å². The molecule has 1 amide bonds. The van der Waals surface area contributed by atoms with Crippen molar-refractivity contribution in [2.24, 2.45) is 5.92 Å². The van der Waals surface area contributed by atoms with Crippen LogP contribution < -0.4 is 10.2 Å². The van der Waals surface area contributed by atoms with E-state index in [-0.39, 0.29) is 11.9 Å². The van der Waals surface area contributed by atoms with Gasteiger partial charge in [0.25, 0.3) is 5.91 Å². The largest absolute Gasteiger partial charge is 0.354 e. The first-order chi connectivity index (χ1) is 11.8. The molecule has 128 valence electrons. The number of hydrogen-bond donors (Lipinski definition) is 1. The highest BCUT2D eigenvalue weighted by molar-refractivity contribution is 5.94. The molecule has 1 N–H and O–H groups in total. The quantitative estimate of drug-likeness (QED) is 0.915. The maximum absolute atomic E-state index is 12.5. The minimum atomic E-state index is -0.00799. The molecule has 0 radical (unpaired) electrons. The van der Waals surface area contributed by atoms with Gasteiger partial charge in [-0.05, 0) is 68.6 Å². The van der Waals surface area contributed by atoms with Gasteiger partial charge in [-0.1, -0.05) is 5.23 Å². The molecule has 0 spiro atoms. The van der Waals surface area contributed by atoms with Crippen LogP contribution in [0.5, 0.6) is 5.75 Å². The Hall–Kier alpha value is -2.05. The number of carbonyl (C=O) groups is 1. The van der Waals surface area contributed by atoms with E-state index in [0.717, 1.165) is 18.9 Å². The van der Waals surface area contributed by atoms with Gasteiger partial charge in [-0.15, -0.1) is 0 Å². The molecule has 5 rings (SSSR count). The summed E-state index contributed by atoms with van der Waals surface area (Å²) in [6.07, 6.45) is 7.22. The van der Waals surface area contributed by atoms with Crippen molar-refractivity contribution in [3.8, 4) is 5.75 Å². The van der Waals surface area contributed by atoms with Crippen molar-refractivity contribution in [2.75, 3.05) is 26.2 Å². The smallest absolute Gasteiger partial charge is 0.251 e. The van der Waals surface area contributed by atoms with Crippen molar-refractivity contribution in [3.63, 3.8) is 0 Å². The number of benzene rings is 1. The molecule has 1 aromatic carbocycles. The number of piperidine rings is 1. The molecule has 6 nitrogen and oxygen atoms in total. The average molecular weight is 329 g/mol. The lowest BCUT2D eigenvalue weighted by Crippen LogP contribution is -2.41. The van der Waals surface area contributed by atoms with E-state index in [9.17, 15) is 4.79 Å². The van der Waals surface area contributed by atoms with Gasteiger partial charge in [-0.2, -0.15) is 0 Å². The molecule has 4 aliphatic heterocycles. The van der Waals surface area contributed by atoms with Gasteiger partial charge in [0.1, 0.15) is 0 Å². The molecule has 1 atom stereocenters. The first-order valence-electron chi connectivity index (χ1n) is 8.66. The molecule has 0 saturated carbocycles. The summed E-state index contributed by atoms with van der Waals surface area (Å²) in [5.41, 5.74) is 0.659. The van der Waals surface area contributed by atoms with Crippen LogP contribution >= 0.6 is 0 Å². The minimum Gasteiger partial charge on any atom is -0.354 e. The molecule has 24 heavy (non-hydrogen) atoms. The van der Waals surface area contributed by atoms with Crippen LogP contribution in [0.15, 0.2) is 36.5 Å². The fraction of sp³-hybridized carbons (Fsp3) is 0.500. The van der Waals surface area contributed by atoms with Crippen molar-refractivity contribution in [3.05, 3.63) is 42.1 Å². The van der Waals surface area contributed by atoms with Gasteiger partial charge in [0.05, 0.1) is 12.8 Å². The monoisotopic (exact) mass is 329 g/mol. The zero-order valence-electron chi connectivity index (χ0n) is 13.7. The molecule has 3 saturated heterocycles. The van der Waals surface area contributed by atoms with Crippen LogP contribution in [0, 0.1) is 5.92 Å². The van der Waals surface area contributed by atoms with E-state index in [4.69, 9.17) is 9.68 Å². The lowest BCUT2D eigenvalue weighted by Gasteiger charge is -2.26. The number of carbonyl (C=O) groups excluding carboxylic acids is 1. The second-order valence-corrected chi connectivity index (χ2v) is 6.73. The van der Waals surface area contributed by atoms with Crippen LogP contribution in [0.2, 0.25) is 0 Å². The molecular formula is C18H23N3O3. The highest BCUT2D eigenvalue weighted by Crippen LogP contribution is 2.27. The Kier molecular flexibility index (Phi) is 4.40. The van der Waals surface area contributed by atoms with E-state index in [1.165, 1.54) is 31.2 Å². The van der Waals surface area contributed by atoms with E-state index >= 15 is 0 Å². The second kappa shape index (κ2) is 6.83. The van der Waals surface area contributed by atoms with Crippen molar-refractivity contribution in [2.45, 2.75) is 25.3 Å². The third-order valence-electron chi connectivity index (χ3n) is 4.98. The number of fused-ring (bicyclic) bond motifs is 4. The molecule has 4 heterocycles. The van der Waals surface area contributed by atoms with Crippen molar-refractivity contribution in [1.29, 1.82) is 0 Å². The van der Waals surface area contributed by atoms with Gasteiger partial charge in [0.2, 0.25) is 0 Å². The summed E-state index contributed by atoms with van der Waals surface area (Å²) in [5, 5.41) is 4.51. The predicted octanol–water partition coefficient (Wildman–Crippen LogP) is 1.96. The van der Waals surface area contributed by atoms with Crippen LogP contribution in [-0.4, -0.2) is 48.3 Å². The summed E-state index contributed by atoms with van der Waals surface area (Å²) < 4.78 is 0. The maximum atomic E-state index is 12.5. The van der Waals surface area contributed by atoms with Gasteiger partial charge in [-0.3, -0.25) is 4.79 Å². The lowest BCUT2D eigenvalue weighted by molar-refractivity contribution is -0.263. The van der Waals surface area contributed by atoms with Crippen LogP contribution in [0.25, 0.3) is 0 Å². The number of rotatable bonds is 4. The number of hydrogen-bond acceptors (Lipinski definition) is 5. The Morgan fingerprint density at radius 3 is 2.71 bits per heavy atom. The van der Waals surface area contributed by atoms with Crippen molar-refractivity contribution in [1.82, 2.24) is 15.4 Å². The van der Waals surface area contributed by atoms with Gasteiger partial charge >= 0.3 is 0 Å². The lowest BCUT2D eigenvalue weighted by atomic mass is 9.94. The Bertz CT molecular complexity index is 594. The fourth-order valence-electron chi connectivity index (χ4n) is 3.68. The molecule has 1 unspecified atom stereocenters. The van der Waals surface area contributed by atoms with Gasteiger partial charge in [0.15, 0.2) is 5.75 Å². The van der Waals surface area contributed by atoms with Crippen LogP contribution in [0.3, 0.4) is 0 Å². The number of nitrogens with zero attached hydrogens (tertiary/aromatic N) is 2. The predicted molar refractivity (Wildman–Crippen MR) is 89.0 cm³/mol. The van der Waals surface area contributed by atoms with Crippen LogP contribution in [-0.2, 0) is 4.84 Å². The maximum Gasteiger partial charge on any atom is 0.251 e. The number of hydroxylamine groups is 2. The second-order valence-electron chi connectivity index (χ2n) is 6.73. The molecule has 0 aliphatic carbocycles. The molecule has 0 aromatic heterocycles. The van der Waals surface area contributed by atoms with Crippen LogP contribution in [0.1, 0.15) is 29.6 Å². The van der Waals surface area contributed by atoms with Crippen molar-refractivity contribution >= 4 is 5.91 Å². The summed E-state index contributed by atoms with van der Waals surface area (Å²) in [5.74, 6) is 1.39. The molecule has 6 heteroatoms. The zero-order valence-corrected chi connectivity index (χ0v) is 13.7. The summed E-state index contributed by atoms with van der Waals surface area (Å²) >= 11 is 0. The third kappa shape index (κ3) is 3.55. The zero-order chi connectivity index (χ0) is 16.4. The van der Waals surface area contributed by atoms with Gasteiger partial charge < -0.3 is 15.1 Å². The van der Waals surface area contributed by atoms with Gasteiger partial charge in [0, 0.05) is 18.2 Å². The molecule has 3 fully saturated rings. The first kappa shape index (κ1) is 15.5. The molecule has 4 aliphatic rings. The fourth-order valence-corrected chi connectivity index (χ4v) is 3.68. The van der Waals surface area contributed by atoms with E-state index < -0.39 is 0 Å². The molecule has 2 bridgehead atoms. The average Bonchev–Trinajstić information content (AvgIpc) is 2.94. The molecule has 1 aromatic rings. The summed E-state index contributed by atoms with van der Waals surface area (Å²) in [6.45, 7) is 3.84. The Labute approximate surface area is 141 Å². The topological polar surface area (TPSA) is 54.0 Å². The summed E-state index contributed by atoms with van der Waals surface area (Å²) in [7, 11) is 0. The third-order valence-corrected chi connectivity index (χ3v) is 4.98. The Morgan fingerprint density at radius 2 is 2.00 bits per heavy atom. The van der Waals surface area contributed by atoms with Crippen molar-refractivity contribution < 1.29 is 14.5 Å². The van der Waals surface area contributed by atoms with Crippen LogP contribution in [0.4, 0.5) is 0 Å². The highest BCUT2D eigenvalue weighted by atomic mass is 17.0. The van der Waals surface area contributed by atoms with E-state index in [1.54, 1.807) is 30.5 Å². The Morgan fingerprint density at radius 1 is 1.21 bits per heavy atom. The number of nitrogens with one attached hydrogen (secondary N) is 1. The summed E-state index contributed by atoms with van der Waals surface area (Å²) in [4.78, 5) is 25.7. The SMILES string of the molecule is O=C(NC1CC2CCN(CC2)C1)c1ccc(ON2C=CCO2)cc1. The Balaban J connectivity index is 1.34. The normalized spacial score (nSPS) is 28.7. The van der Waals surface area contributed by atoms with Gasteiger partial charge in [-0.25, -0.2) is 4.84 Å². The standard InChI is InChI=1S/C18H23N3O3/c22-18(19-16-12-14-6-9-20(13-16)10-7-14)15-2-4-17(5-3-15)24-21-8-1-11-23-21/h1-5,8,14,16H,6-7,9-13H2,(H,19,22). The number of amides is 1. The highest BCUT2D eigenvalue weighted by Gasteiger charge is 2.29. The van der Waals surface area contributed by atoms with E-state index in [2.05, 4.69) is 10.2 Å².